The Morgan fingerprint density at radius 2 is 2.04 bits per heavy atom. The zero-order valence-electron chi connectivity index (χ0n) is 14.7. The van der Waals surface area contributed by atoms with Crippen molar-refractivity contribution in [2.24, 2.45) is 0 Å². The molecule has 0 spiro atoms. The molecule has 0 atom stereocenters. The van der Waals surface area contributed by atoms with Crippen LogP contribution >= 0.6 is 0 Å². The van der Waals surface area contributed by atoms with Crippen LogP contribution in [0.15, 0.2) is 24.3 Å². The molecule has 0 aromatic heterocycles. The number of anilines is 1. The molecule has 1 fully saturated rings. The first kappa shape index (κ1) is 18.9. The summed E-state index contributed by atoms with van der Waals surface area (Å²) in [5, 5.41) is 0. The fourth-order valence-corrected chi connectivity index (χ4v) is 2.76. The normalized spacial score (nSPS) is 13.8. The minimum atomic E-state index is -0.369. The molecule has 1 aliphatic heterocycles. The lowest BCUT2D eigenvalue weighted by Crippen LogP contribution is -2.36. The average Bonchev–Trinajstić information content (AvgIpc) is 3.07. The van der Waals surface area contributed by atoms with E-state index in [1.807, 2.05) is 6.07 Å². The fourth-order valence-electron chi connectivity index (χ4n) is 2.76. The van der Waals surface area contributed by atoms with Gasteiger partial charge in [0.2, 0.25) is 5.91 Å². The minimum Gasteiger partial charge on any atom is -0.469 e. The number of nitrogens with zero attached hydrogens (tertiary/aromatic N) is 2. The maximum Gasteiger partial charge on any atom is 0.307 e. The fraction of sp³-hybridized carbons (Fsp3) is 0.500. The molecule has 0 radical (unpaired) electrons. The summed E-state index contributed by atoms with van der Waals surface area (Å²) in [4.78, 5) is 39.4. The van der Waals surface area contributed by atoms with Crippen LogP contribution in [-0.2, 0) is 19.1 Å². The van der Waals surface area contributed by atoms with Crippen LogP contribution in [0.5, 0.6) is 0 Å². The molecule has 1 aliphatic rings. The third kappa shape index (κ3) is 5.03. The zero-order valence-corrected chi connectivity index (χ0v) is 14.7. The molecule has 1 aromatic rings. The molecule has 0 saturated carbocycles. The Morgan fingerprint density at radius 3 is 2.68 bits per heavy atom. The smallest absolute Gasteiger partial charge is 0.307 e. The Kier molecular flexibility index (Phi) is 6.94. The van der Waals surface area contributed by atoms with Crippen LogP contribution in [0, 0.1) is 0 Å². The summed E-state index contributed by atoms with van der Waals surface area (Å²) in [7, 11) is 2.88. The Labute approximate surface area is 147 Å². The maximum atomic E-state index is 12.8. The van der Waals surface area contributed by atoms with Gasteiger partial charge in [-0.05, 0) is 24.6 Å². The second kappa shape index (κ2) is 9.17. The van der Waals surface area contributed by atoms with Crippen LogP contribution in [-0.4, -0.2) is 63.1 Å². The predicted octanol–water partition coefficient (Wildman–Crippen LogP) is 1.47. The Balaban J connectivity index is 2.13. The summed E-state index contributed by atoms with van der Waals surface area (Å²) in [6.07, 6.45) is 1.49. The van der Waals surface area contributed by atoms with Crippen molar-refractivity contribution in [2.45, 2.75) is 19.3 Å². The molecule has 0 N–H and O–H groups in total. The van der Waals surface area contributed by atoms with Gasteiger partial charge in [0.25, 0.3) is 5.91 Å². The highest BCUT2D eigenvalue weighted by Gasteiger charge is 2.23. The van der Waals surface area contributed by atoms with E-state index < -0.39 is 0 Å². The van der Waals surface area contributed by atoms with E-state index in [0.717, 1.165) is 12.1 Å². The average molecular weight is 348 g/mol. The highest BCUT2D eigenvalue weighted by Crippen LogP contribution is 2.23. The third-order valence-electron chi connectivity index (χ3n) is 4.14. The molecule has 2 rings (SSSR count). The van der Waals surface area contributed by atoms with Gasteiger partial charge in [0, 0.05) is 44.4 Å². The lowest BCUT2D eigenvalue weighted by Gasteiger charge is -2.23. The number of carbonyl (C=O) groups excluding carboxylic acids is 3. The maximum absolute atomic E-state index is 12.8. The number of rotatable bonds is 8. The van der Waals surface area contributed by atoms with Crippen molar-refractivity contribution in [2.75, 3.05) is 45.4 Å². The number of amides is 2. The molecule has 0 bridgehead atoms. The summed E-state index contributed by atoms with van der Waals surface area (Å²) in [6.45, 7) is 1.67. The Bertz CT molecular complexity index is 632. The first-order valence-electron chi connectivity index (χ1n) is 8.32. The second-order valence-electron chi connectivity index (χ2n) is 5.81. The number of benzene rings is 1. The molecule has 0 aliphatic carbocycles. The molecule has 0 unspecified atom stereocenters. The zero-order chi connectivity index (χ0) is 18.2. The molecular weight excluding hydrogens is 324 g/mol. The Hall–Kier alpha value is -2.41. The molecule has 7 nitrogen and oxygen atoms in total. The van der Waals surface area contributed by atoms with Gasteiger partial charge in [-0.2, -0.15) is 0 Å². The number of hydrogen-bond acceptors (Lipinski definition) is 5. The molecule has 136 valence electrons. The van der Waals surface area contributed by atoms with Crippen LogP contribution < -0.4 is 4.90 Å². The van der Waals surface area contributed by atoms with E-state index in [4.69, 9.17) is 4.74 Å². The lowest BCUT2D eigenvalue weighted by atomic mass is 10.1. The van der Waals surface area contributed by atoms with Crippen molar-refractivity contribution in [1.29, 1.82) is 0 Å². The third-order valence-corrected chi connectivity index (χ3v) is 4.14. The topological polar surface area (TPSA) is 76.2 Å². The van der Waals surface area contributed by atoms with E-state index in [1.165, 1.54) is 7.11 Å². The summed E-state index contributed by atoms with van der Waals surface area (Å²) in [6, 6.07) is 7.03. The molecule has 1 saturated heterocycles. The molecule has 1 heterocycles. The van der Waals surface area contributed by atoms with Crippen molar-refractivity contribution < 1.29 is 23.9 Å². The summed E-state index contributed by atoms with van der Waals surface area (Å²) < 4.78 is 9.68. The monoisotopic (exact) mass is 348 g/mol. The largest absolute Gasteiger partial charge is 0.469 e. The number of carbonyl (C=O) groups is 3. The van der Waals surface area contributed by atoms with Gasteiger partial charge in [-0.25, -0.2) is 0 Å². The standard InChI is InChI=1S/C18H24N2O5/c1-24-12-11-19(10-8-17(22)25-2)18(23)14-5-3-6-15(13-14)20-9-4-7-16(20)21/h3,5-6,13H,4,7-12H2,1-2H3. The van der Waals surface area contributed by atoms with Crippen LogP contribution in [0.2, 0.25) is 0 Å². The van der Waals surface area contributed by atoms with E-state index >= 15 is 0 Å². The van der Waals surface area contributed by atoms with Gasteiger partial charge in [-0.3, -0.25) is 14.4 Å². The highest BCUT2D eigenvalue weighted by atomic mass is 16.5. The van der Waals surface area contributed by atoms with Gasteiger partial charge in [-0.15, -0.1) is 0 Å². The van der Waals surface area contributed by atoms with Crippen LogP contribution in [0.4, 0.5) is 5.69 Å². The van der Waals surface area contributed by atoms with Gasteiger partial charge in [0.15, 0.2) is 0 Å². The molecule has 2 amide bonds. The van der Waals surface area contributed by atoms with Crippen LogP contribution in [0.1, 0.15) is 29.6 Å². The minimum absolute atomic E-state index is 0.0755. The van der Waals surface area contributed by atoms with Gasteiger partial charge < -0.3 is 19.3 Å². The van der Waals surface area contributed by atoms with E-state index in [0.29, 0.717) is 31.7 Å². The van der Waals surface area contributed by atoms with Crippen molar-refractivity contribution in [3.63, 3.8) is 0 Å². The van der Waals surface area contributed by atoms with E-state index in [-0.39, 0.29) is 30.7 Å². The molecule has 7 heteroatoms. The van der Waals surface area contributed by atoms with Gasteiger partial charge in [0.1, 0.15) is 0 Å². The molecule has 1 aromatic carbocycles. The van der Waals surface area contributed by atoms with Crippen molar-refractivity contribution >= 4 is 23.5 Å². The Morgan fingerprint density at radius 1 is 1.24 bits per heavy atom. The summed E-state index contributed by atoms with van der Waals surface area (Å²) in [5.74, 6) is -0.493. The quantitative estimate of drug-likeness (QED) is 0.665. The second-order valence-corrected chi connectivity index (χ2v) is 5.81. The predicted molar refractivity (Wildman–Crippen MR) is 92.4 cm³/mol. The van der Waals surface area contributed by atoms with E-state index in [9.17, 15) is 14.4 Å². The molecular formula is C18H24N2O5. The van der Waals surface area contributed by atoms with Gasteiger partial charge in [0.05, 0.1) is 20.1 Å². The highest BCUT2D eigenvalue weighted by molar-refractivity contribution is 5.99. The SMILES string of the molecule is COCCN(CCC(=O)OC)C(=O)c1cccc(N2CCCC2=O)c1. The van der Waals surface area contributed by atoms with Gasteiger partial charge >= 0.3 is 5.97 Å². The van der Waals surface area contributed by atoms with Crippen LogP contribution in [0.25, 0.3) is 0 Å². The lowest BCUT2D eigenvalue weighted by molar-refractivity contribution is -0.140. The van der Waals surface area contributed by atoms with E-state index in [2.05, 4.69) is 4.74 Å². The summed E-state index contributed by atoms with van der Waals surface area (Å²) >= 11 is 0. The number of esters is 1. The number of hydrogen-bond donors (Lipinski definition) is 0. The van der Waals surface area contributed by atoms with Crippen molar-refractivity contribution in [1.82, 2.24) is 4.90 Å². The van der Waals surface area contributed by atoms with Crippen LogP contribution in [0.3, 0.4) is 0 Å². The number of ether oxygens (including phenoxy) is 2. The first-order valence-corrected chi connectivity index (χ1v) is 8.32. The van der Waals surface area contributed by atoms with Crippen molar-refractivity contribution in [3.8, 4) is 0 Å². The number of methoxy groups -OCH3 is 2. The molecule has 25 heavy (non-hydrogen) atoms. The van der Waals surface area contributed by atoms with Gasteiger partial charge in [-0.1, -0.05) is 6.07 Å². The summed E-state index contributed by atoms with van der Waals surface area (Å²) in [5.41, 5.74) is 1.21. The van der Waals surface area contributed by atoms with E-state index in [1.54, 1.807) is 35.1 Å². The van der Waals surface area contributed by atoms with Crippen molar-refractivity contribution in [3.05, 3.63) is 29.8 Å². The first-order chi connectivity index (χ1) is 12.1.